The van der Waals surface area contributed by atoms with Gasteiger partial charge in [0, 0.05) is 6.20 Å². The summed E-state index contributed by atoms with van der Waals surface area (Å²) < 4.78 is 0. The van der Waals surface area contributed by atoms with Gasteiger partial charge in [-0.1, -0.05) is 31.7 Å². The van der Waals surface area contributed by atoms with Crippen LogP contribution < -0.4 is 5.11 Å². The normalized spacial score (nSPS) is 12.8. The van der Waals surface area contributed by atoms with Crippen molar-refractivity contribution in [3.05, 3.63) is 24.4 Å². The molecule has 0 N–H and O–H groups in total. The van der Waals surface area contributed by atoms with Crippen LogP contribution in [0.15, 0.2) is 29.4 Å². The molecular weight excluding hydrogens is 198 g/mol. The molecule has 4 heteroatoms. The monoisotopic (exact) mass is 210 g/mol. The number of aromatic nitrogens is 1. The molecule has 1 aromatic heterocycles. The highest BCUT2D eigenvalue weighted by molar-refractivity contribution is 8.00. The molecule has 0 aliphatic carbocycles. The number of carbonyl (C=O) groups excluding carboxylic acids is 1. The lowest BCUT2D eigenvalue weighted by Gasteiger charge is -2.20. The summed E-state index contributed by atoms with van der Waals surface area (Å²) in [4.78, 5) is 14.8. The predicted molar refractivity (Wildman–Crippen MR) is 53.7 cm³/mol. The summed E-state index contributed by atoms with van der Waals surface area (Å²) in [5.74, 6) is -0.998. The fourth-order valence-electron chi connectivity index (χ4n) is 1.00. The van der Waals surface area contributed by atoms with E-state index in [0.717, 1.165) is 5.03 Å². The summed E-state index contributed by atoms with van der Waals surface area (Å²) in [5.41, 5.74) is 0. The fourth-order valence-corrected chi connectivity index (χ4v) is 1.91. The van der Waals surface area contributed by atoms with Crippen molar-refractivity contribution < 1.29 is 9.90 Å². The maximum atomic E-state index is 10.8. The van der Waals surface area contributed by atoms with Crippen molar-refractivity contribution in [1.29, 1.82) is 0 Å². The molecule has 0 fully saturated rings. The van der Waals surface area contributed by atoms with Gasteiger partial charge in [-0.25, -0.2) is 4.98 Å². The van der Waals surface area contributed by atoms with Gasteiger partial charge in [-0.15, -0.1) is 0 Å². The molecule has 1 heterocycles. The third-order valence-corrected chi connectivity index (χ3v) is 3.20. The van der Waals surface area contributed by atoms with Gasteiger partial charge >= 0.3 is 0 Å². The molecule has 0 unspecified atom stereocenters. The summed E-state index contributed by atoms with van der Waals surface area (Å²) in [6.45, 7) is 3.72. The van der Waals surface area contributed by atoms with Gasteiger partial charge in [-0.3, -0.25) is 0 Å². The standard InChI is InChI=1S/C10H13NO2S/c1-7(2)9(10(12)13)14-8-5-3-4-6-11-8/h3-7,9H,1-2H3,(H,12,13)/p-1/t9-/m1/s1. The number of carboxylic acid groups (broad SMARTS) is 1. The second-order valence-electron chi connectivity index (χ2n) is 3.27. The topological polar surface area (TPSA) is 53.0 Å². The quantitative estimate of drug-likeness (QED) is 0.694. The SMILES string of the molecule is CC(C)[C@@H](Sc1ccccn1)C(=O)[O-]. The summed E-state index contributed by atoms with van der Waals surface area (Å²) >= 11 is 1.23. The number of carbonyl (C=O) groups is 1. The zero-order valence-corrected chi connectivity index (χ0v) is 8.95. The van der Waals surface area contributed by atoms with Gasteiger partial charge in [0.25, 0.3) is 0 Å². The van der Waals surface area contributed by atoms with E-state index in [2.05, 4.69) is 4.98 Å². The molecule has 0 amide bonds. The third-order valence-electron chi connectivity index (χ3n) is 1.72. The Morgan fingerprint density at radius 3 is 2.64 bits per heavy atom. The van der Waals surface area contributed by atoms with Crippen molar-refractivity contribution in [1.82, 2.24) is 4.98 Å². The first-order valence-corrected chi connectivity index (χ1v) is 5.27. The van der Waals surface area contributed by atoms with Crippen LogP contribution in [-0.2, 0) is 4.79 Å². The summed E-state index contributed by atoms with van der Waals surface area (Å²) in [5, 5.41) is 11.0. The summed E-state index contributed by atoms with van der Waals surface area (Å²) in [7, 11) is 0. The Hall–Kier alpha value is -1.03. The van der Waals surface area contributed by atoms with Gasteiger partial charge in [0.1, 0.15) is 0 Å². The number of thioether (sulfide) groups is 1. The van der Waals surface area contributed by atoms with Crippen LogP contribution in [0, 0.1) is 5.92 Å². The van der Waals surface area contributed by atoms with Crippen LogP contribution in [0.25, 0.3) is 0 Å². The van der Waals surface area contributed by atoms with E-state index in [1.54, 1.807) is 18.3 Å². The first-order valence-electron chi connectivity index (χ1n) is 4.40. The second-order valence-corrected chi connectivity index (χ2v) is 4.43. The molecule has 76 valence electrons. The van der Waals surface area contributed by atoms with E-state index in [1.165, 1.54) is 11.8 Å². The van der Waals surface area contributed by atoms with E-state index in [-0.39, 0.29) is 5.92 Å². The van der Waals surface area contributed by atoms with Crippen molar-refractivity contribution in [2.24, 2.45) is 5.92 Å². The van der Waals surface area contributed by atoms with Gasteiger partial charge in [-0.2, -0.15) is 0 Å². The van der Waals surface area contributed by atoms with Crippen LogP contribution in [0.1, 0.15) is 13.8 Å². The molecule has 1 atom stereocenters. The Balaban J connectivity index is 2.70. The number of carboxylic acids is 1. The lowest BCUT2D eigenvalue weighted by atomic mass is 10.1. The van der Waals surface area contributed by atoms with Gasteiger partial charge in [-0.05, 0) is 18.1 Å². The lowest BCUT2D eigenvalue weighted by molar-refractivity contribution is -0.305. The van der Waals surface area contributed by atoms with Gasteiger partial charge in [0.15, 0.2) is 0 Å². The average Bonchev–Trinajstić information content (AvgIpc) is 2.15. The van der Waals surface area contributed by atoms with E-state index in [1.807, 2.05) is 19.9 Å². The second kappa shape index (κ2) is 5.00. The fraction of sp³-hybridized carbons (Fsp3) is 0.400. The Morgan fingerprint density at radius 1 is 1.50 bits per heavy atom. The maximum absolute atomic E-state index is 10.8. The van der Waals surface area contributed by atoms with E-state index in [0.29, 0.717) is 0 Å². The summed E-state index contributed by atoms with van der Waals surface area (Å²) in [6, 6.07) is 5.43. The van der Waals surface area contributed by atoms with Crippen LogP contribution in [-0.4, -0.2) is 16.2 Å². The Morgan fingerprint density at radius 2 is 2.21 bits per heavy atom. The molecule has 1 aromatic rings. The largest absolute Gasteiger partial charge is 0.549 e. The number of aliphatic carboxylic acids is 1. The smallest absolute Gasteiger partial charge is 0.0966 e. The van der Waals surface area contributed by atoms with Crippen LogP contribution >= 0.6 is 11.8 Å². The van der Waals surface area contributed by atoms with E-state index < -0.39 is 11.2 Å². The number of pyridine rings is 1. The number of hydrogen-bond acceptors (Lipinski definition) is 4. The first kappa shape index (κ1) is 11.0. The minimum absolute atomic E-state index is 0.0343. The Labute approximate surface area is 87.6 Å². The zero-order valence-electron chi connectivity index (χ0n) is 8.14. The molecule has 0 aromatic carbocycles. The molecule has 14 heavy (non-hydrogen) atoms. The van der Waals surface area contributed by atoms with Gasteiger partial charge < -0.3 is 9.90 Å². The van der Waals surface area contributed by atoms with Crippen LogP contribution in [0.5, 0.6) is 0 Å². The van der Waals surface area contributed by atoms with Crippen LogP contribution in [0.4, 0.5) is 0 Å². The highest BCUT2D eigenvalue weighted by Gasteiger charge is 2.16. The highest BCUT2D eigenvalue weighted by Crippen LogP contribution is 2.25. The first-order chi connectivity index (χ1) is 6.61. The molecule has 0 aliphatic heterocycles. The summed E-state index contributed by atoms with van der Waals surface area (Å²) in [6.07, 6.45) is 1.65. The van der Waals surface area contributed by atoms with Crippen molar-refractivity contribution >= 4 is 17.7 Å². The number of rotatable bonds is 4. The zero-order chi connectivity index (χ0) is 10.6. The minimum atomic E-state index is -1.03. The highest BCUT2D eigenvalue weighted by atomic mass is 32.2. The average molecular weight is 210 g/mol. The molecule has 0 saturated heterocycles. The van der Waals surface area contributed by atoms with Crippen molar-refractivity contribution in [3.63, 3.8) is 0 Å². The molecule has 0 spiro atoms. The number of hydrogen-bond donors (Lipinski definition) is 0. The molecule has 0 aliphatic rings. The van der Waals surface area contributed by atoms with Gasteiger partial charge in [0.2, 0.25) is 0 Å². The molecule has 1 rings (SSSR count). The molecule has 0 bridgehead atoms. The number of nitrogens with zero attached hydrogens (tertiary/aromatic N) is 1. The van der Waals surface area contributed by atoms with Crippen LogP contribution in [0.2, 0.25) is 0 Å². The van der Waals surface area contributed by atoms with Crippen LogP contribution in [0.3, 0.4) is 0 Å². The molecule has 3 nitrogen and oxygen atoms in total. The molecule has 0 saturated carbocycles. The maximum Gasteiger partial charge on any atom is 0.0966 e. The minimum Gasteiger partial charge on any atom is -0.549 e. The molecular formula is C10H12NO2S-. The van der Waals surface area contributed by atoms with E-state index >= 15 is 0 Å². The molecule has 0 radical (unpaired) electrons. The third kappa shape index (κ3) is 3.03. The Bertz CT molecular complexity index is 300. The van der Waals surface area contributed by atoms with E-state index in [9.17, 15) is 9.90 Å². The Kier molecular flexibility index (Phi) is 3.95. The predicted octanol–water partition coefficient (Wildman–Crippen LogP) is 0.948. The lowest BCUT2D eigenvalue weighted by Crippen LogP contribution is -2.36. The van der Waals surface area contributed by atoms with Crippen molar-refractivity contribution in [2.75, 3.05) is 0 Å². The van der Waals surface area contributed by atoms with Gasteiger partial charge in [0.05, 0.1) is 16.2 Å². The van der Waals surface area contributed by atoms with Crippen molar-refractivity contribution in [2.45, 2.75) is 24.1 Å². The van der Waals surface area contributed by atoms with Crippen molar-refractivity contribution in [3.8, 4) is 0 Å². The van der Waals surface area contributed by atoms with E-state index in [4.69, 9.17) is 0 Å².